The fourth-order valence-corrected chi connectivity index (χ4v) is 6.37. The van der Waals surface area contributed by atoms with Gasteiger partial charge < -0.3 is 14.4 Å². The van der Waals surface area contributed by atoms with Crippen LogP contribution in [0.5, 0.6) is 5.75 Å². The van der Waals surface area contributed by atoms with Crippen molar-refractivity contribution in [3.63, 3.8) is 0 Å². The molecule has 1 saturated heterocycles. The molecule has 5 heteroatoms. The molecule has 1 unspecified atom stereocenters. The van der Waals surface area contributed by atoms with Gasteiger partial charge in [-0.25, -0.2) is 0 Å². The second-order valence-electron chi connectivity index (χ2n) is 9.41. The van der Waals surface area contributed by atoms with E-state index in [-0.39, 0.29) is 22.6 Å². The molecule has 0 aromatic heterocycles. The summed E-state index contributed by atoms with van der Waals surface area (Å²) >= 11 is 0. The number of fused-ring (bicyclic) bond motifs is 1. The molecule has 5 rings (SSSR count). The molecule has 1 aromatic rings. The lowest BCUT2D eigenvalue weighted by atomic mass is 9.51. The van der Waals surface area contributed by atoms with E-state index in [9.17, 15) is 9.59 Å². The molecule has 28 heavy (non-hydrogen) atoms. The summed E-state index contributed by atoms with van der Waals surface area (Å²) in [5.74, 6) is 0.770. The number of ether oxygens (including phenoxy) is 2. The van der Waals surface area contributed by atoms with E-state index >= 15 is 0 Å². The highest BCUT2D eigenvalue weighted by atomic mass is 16.5. The Hall–Kier alpha value is -1.88. The monoisotopic (exact) mass is 383 g/mol. The second-order valence-corrected chi connectivity index (χ2v) is 9.41. The van der Waals surface area contributed by atoms with Gasteiger partial charge in [0.05, 0.1) is 14.2 Å². The third kappa shape index (κ3) is 2.55. The average Bonchev–Trinajstić information content (AvgIpc) is 3.46. The van der Waals surface area contributed by atoms with Crippen LogP contribution in [0.4, 0.5) is 0 Å². The minimum atomic E-state index is -0.616. The van der Waals surface area contributed by atoms with Crippen LogP contribution in [0.2, 0.25) is 0 Å². The summed E-state index contributed by atoms with van der Waals surface area (Å²) in [6.07, 6.45) is 5.67. The Morgan fingerprint density at radius 2 is 2.07 bits per heavy atom. The lowest BCUT2D eigenvalue weighted by molar-refractivity contribution is -0.158. The zero-order valence-corrected chi connectivity index (χ0v) is 16.8. The first-order valence-corrected chi connectivity index (χ1v) is 10.5. The van der Waals surface area contributed by atoms with E-state index in [0.717, 1.165) is 44.1 Å². The van der Waals surface area contributed by atoms with Gasteiger partial charge in [0.1, 0.15) is 17.5 Å². The second kappa shape index (κ2) is 6.31. The summed E-state index contributed by atoms with van der Waals surface area (Å²) in [6.45, 7) is 3.17. The van der Waals surface area contributed by atoms with Gasteiger partial charge in [-0.05, 0) is 73.2 Å². The summed E-state index contributed by atoms with van der Waals surface area (Å²) in [4.78, 5) is 28.1. The maximum absolute atomic E-state index is 13.1. The summed E-state index contributed by atoms with van der Waals surface area (Å²) in [6, 6.07) is 6.35. The predicted molar refractivity (Wildman–Crippen MR) is 104 cm³/mol. The Kier molecular flexibility index (Phi) is 4.10. The lowest BCUT2D eigenvalue weighted by Gasteiger charge is -2.57. The normalized spacial score (nSPS) is 34.4. The van der Waals surface area contributed by atoms with Gasteiger partial charge >= 0.3 is 5.97 Å². The number of nitrogens with zero attached hydrogens (tertiary/aromatic N) is 1. The van der Waals surface area contributed by atoms with Crippen molar-refractivity contribution in [3.05, 3.63) is 29.3 Å². The molecule has 1 aromatic carbocycles. The van der Waals surface area contributed by atoms with E-state index in [2.05, 4.69) is 17.0 Å². The van der Waals surface area contributed by atoms with Gasteiger partial charge in [0.25, 0.3) is 0 Å². The lowest BCUT2D eigenvalue weighted by Crippen LogP contribution is -2.61. The number of rotatable bonds is 4. The minimum Gasteiger partial charge on any atom is -0.497 e. The van der Waals surface area contributed by atoms with E-state index in [1.54, 1.807) is 7.11 Å². The van der Waals surface area contributed by atoms with Crippen molar-refractivity contribution in [2.75, 3.05) is 33.9 Å². The van der Waals surface area contributed by atoms with Crippen molar-refractivity contribution in [3.8, 4) is 5.75 Å². The van der Waals surface area contributed by atoms with E-state index in [1.807, 2.05) is 6.07 Å². The Morgan fingerprint density at radius 3 is 2.79 bits per heavy atom. The largest absolute Gasteiger partial charge is 0.497 e. The first-order chi connectivity index (χ1) is 13.5. The summed E-state index contributed by atoms with van der Waals surface area (Å²) in [7, 11) is 3.09. The van der Waals surface area contributed by atoms with Crippen molar-refractivity contribution in [2.45, 2.75) is 43.9 Å². The van der Waals surface area contributed by atoms with Crippen LogP contribution in [0.3, 0.4) is 0 Å². The molecule has 0 amide bonds. The molecule has 3 atom stereocenters. The van der Waals surface area contributed by atoms with Crippen LogP contribution in [-0.2, 0) is 26.2 Å². The SMILES string of the molecule is COC(=O)C1C[C@@]23Cc4ccc(OC)cc4[C@@]2(CCN(CC2CC2)C3)CC1=O. The predicted octanol–water partition coefficient (Wildman–Crippen LogP) is 2.74. The first kappa shape index (κ1) is 18.2. The average molecular weight is 383 g/mol. The van der Waals surface area contributed by atoms with Crippen LogP contribution in [0.1, 0.15) is 43.2 Å². The van der Waals surface area contributed by atoms with Gasteiger partial charge in [-0.15, -0.1) is 0 Å². The maximum atomic E-state index is 13.1. The molecular formula is C23H29NO4. The summed E-state index contributed by atoms with van der Waals surface area (Å²) in [5, 5.41) is 0. The van der Waals surface area contributed by atoms with Crippen molar-refractivity contribution in [2.24, 2.45) is 17.3 Å². The quantitative estimate of drug-likeness (QED) is 0.591. The molecular weight excluding hydrogens is 354 g/mol. The number of likely N-dealkylation sites (tertiary alicyclic amines) is 1. The number of Topliss-reactive ketones (excluding diaryl/α,β-unsaturated/α-hetero) is 1. The topological polar surface area (TPSA) is 55.8 Å². The molecule has 0 N–H and O–H groups in total. The maximum Gasteiger partial charge on any atom is 0.316 e. The minimum absolute atomic E-state index is 0.0498. The molecule has 0 bridgehead atoms. The third-order valence-corrected chi connectivity index (χ3v) is 7.92. The van der Waals surface area contributed by atoms with Crippen LogP contribution in [0, 0.1) is 17.3 Å². The number of benzene rings is 1. The van der Waals surface area contributed by atoms with Crippen LogP contribution in [-0.4, -0.2) is 50.5 Å². The molecule has 1 heterocycles. The van der Waals surface area contributed by atoms with E-state index < -0.39 is 5.92 Å². The van der Waals surface area contributed by atoms with E-state index in [4.69, 9.17) is 9.47 Å². The molecule has 3 fully saturated rings. The van der Waals surface area contributed by atoms with Crippen LogP contribution >= 0.6 is 0 Å². The van der Waals surface area contributed by atoms with Gasteiger partial charge in [-0.3, -0.25) is 9.59 Å². The highest BCUT2D eigenvalue weighted by Crippen LogP contribution is 2.64. The molecule has 2 saturated carbocycles. The number of hydrogen-bond acceptors (Lipinski definition) is 5. The van der Waals surface area contributed by atoms with Gasteiger partial charge in [-0.2, -0.15) is 0 Å². The van der Waals surface area contributed by atoms with Crippen LogP contribution in [0.15, 0.2) is 18.2 Å². The van der Waals surface area contributed by atoms with Crippen LogP contribution in [0.25, 0.3) is 0 Å². The Bertz CT molecular complexity index is 832. The number of methoxy groups -OCH3 is 2. The molecule has 4 aliphatic rings. The molecule has 0 radical (unpaired) electrons. The zero-order valence-electron chi connectivity index (χ0n) is 16.8. The van der Waals surface area contributed by atoms with Gasteiger partial charge in [-0.1, -0.05) is 6.07 Å². The Balaban J connectivity index is 1.57. The smallest absolute Gasteiger partial charge is 0.316 e. The van der Waals surface area contributed by atoms with Crippen molar-refractivity contribution in [1.82, 2.24) is 4.90 Å². The van der Waals surface area contributed by atoms with Crippen molar-refractivity contribution < 1.29 is 19.1 Å². The fraction of sp³-hybridized carbons (Fsp3) is 0.652. The fourth-order valence-electron chi connectivity index (χ4n) is 6.37. The van der Waals surface area contributed by atoms with Crippen molar-refractivity contribution >= 4 is 11.8 Å². The highest BCUT2D eigenvalue weighted by Gasteiger charge is 2.65. The highest BCUT2D eigenvalue weighted by molar-refractivity contribution is 6.00. The molecule has 0 spiro atoms. The van der Waals surface area contributed by atoms with Gasteiger partial charge in [0, 0.05) is 24.9 Å². The zero-order chi connectivity index (χ0) is 19.5. The number of ketones is 1. The Morgan fingerprint density at radius 1 is 1.25 bits per heavy atom. The summed E-state index contributed by atoms with van der Waals surface area (Å²) in [5.41, 5.74) is 2.38. The summed E-state index contributed by atoms with van der Waals surface area (Å²) < 4.78 is 10.5. The van der Waals surface area contributed by atoms with Crippen LogP contribution < -0.4 is 4.74 Å². The van der Waals surface area contributed by atoms with Gasteiger partial charge in [0.2, 0.25) is 0 Å². The number of carbonyl (C=O) groups excluding carboxylic acids is 2. The number of hydrogen-bond donors (Lipinski definition) is 0. The Labute approximate surface area is 166 Å². The third-order valence-electron chi connectivity index (χ3n) is 7.92. The number of piperidine rings is 1. The van der Waals surface area contributed by atoms with Crippen molar-refractivity contribution in [1.29, 1.82) is 0 Å². The molecule has 150 valence electrons. The standard InChI is InChI=1S/C23H29NO4/c1-27-17-6-5-16-10-22-11-18(21(26)28-2)20(25)12-23(22,19(16)9-17)7-8-24(14-22)13-15-3-4-15/h5-6,9,15,18H,3-4,7-8,10-14H2,1-2H3/t18?,22-,23-/m1/s1. The van der Waals surface area contributed by atoms with E-state index in [0.29, 0.717) is 12.8 Å². The molecule has 5 nitrogen and oxygen atoms in total. The number of esters is 1. The van der Waals surface area contributed by atoms with E-state index in [1.165, 1.54) is 31.1 Å². The first-order valence-electron chi connectivity index (χ1n) is 10.5. The molecule has 1 aliphatic heterocycles. The number of carbonyl (C=O) groups is 2. The van der Waals surface area contributed by atoms with Gasteiger partial charge in [0.15, 0.2) is 0 Å². The molecule has 3 aliphatic carbocycles.